The number of aromatic nitrogens is 3. The van der Waals surface area contributed by atoms with E-state index in [4.69, 9.17) is 11.5 Å². The molecule has 12 aliphatic carbocycles. The van der Waals surface area contributed by atoms with Crippen molar-refractivity contribution in [1.82, 2.24) is 36.3 Å². The van der Waals surface area contributed by atoms with Crippen molar-refractivity contribution in [2.75, 3.05) is 0 Å². The number of aliphatic hydroxyl groups excluding tert-OH is 6. The third kappa shape index (κ3) is 12.6. The first-order valence-corrected chi connectivity index (χ1v) is 41.1. The van der Waals surface area contributed by atoms with Crippen LogP contribution in [0.2, 0.25) is 0 Å². The van der Waals surface area contributed by atoms with E-state index in [0.717, 1.165) is 83.5 Å². The van der Waals surface area contributed by atoms with Crippen LogP contribution >= 0.6 is 0 Å². The monoisotopic (exact) mass is 1420 g/mol. The van der Waals surface area contributed by atoms with Gasteiger partial charge >= 0.3 is 0 Å². The molecule has 34 atom stereocenters. The standard InChI is InChI=1S/C81H130N10O11/c1-41-10-20-67(98)84-39-49-40-91(90-89-49)50-26-29-78(6)46(32-50)35-63(94)73-56-18-15-53(81(56,9)66(97)38-59(73)78)43(3)12-22-69(100)87-60(19-23-70(101)88-75(82)83)74(102)86-48-25-28-77(5)45(31-48)34-62(93)72-55-17-14-52(80(55,8)65(96)37-58(72)77)42(2)11-21-68(99)85-47-24-27-76(4)44(30-47)33-61(92)71-54-16-13-51(41)79(54,7)64(95)36-57(71)76/h40-48,50-66,71-73,92-97H,10-39H2,1-9H3,(H,84,98)(H,85,99)(H,86,102)(H,87,100)(H4,82,83,88,101)/t41-,42-,43-,44+,45+,46+,47-,48-,50-,51-,52-,53-,54+,55+,56+,57+,58-,59+,60+,61-,62-,63-,64+,65+,66+,71+,72+,73+,76+,77-,78+,79-,80-,81-/m1/s1. The number of rotatable bonds is 3. The maximum absolute atomic E-state index is 14.6. The van der Waals surface area contributed by atoms with Crippen LogP contribution in [-0.2, 0) is 30.5 Å². The van der Waals surface area contributed by atoms with Gasteiger partial charge in [-0.1, -0.05) is 67.5 Å². The molecule has 21 nitrogen and oxygen atoms in total. The highest BCUT2D eigenvalue weighted by Gasteiger charge is 2.70. The predicted molar refractivity (Wildman–Crippen MR) is 386 cm³/mol. The molecule has 0 unspecified atom stereocenters. The fraction of sp³-hybridized carbons (Fsp3) is 0.901. The van der Waals surface area contributed by atoms with Gasteiger partial charge in [0, 0.05) is 37.8 Å². The molecule has 102 heavy (non-hydrogen) atoms. The van der Waals surface area contributed by atoms with Crippen molar-refractivity contribution in [1.29, 1.82) is 0 Å². The van der Waals surface area contributed by atoms with Crippen LogP contribution in [0.1, 0.15) is 260 Å². The van der Waals surface area contributed by atoms with Gasteiger partial charge in [0.25, 0.3) is 0 Å². The molecule has 26 bridgehead atoms. The van der Waals surface area contributed by atoms with Crippen LogP contribution in [0.3, 0.4) is 0 Å². The second-order valence-corrected chi connectivity index (χ2v) is 38.8. The Hall–Kier alpha value is -4.28. The van der Waals surface area contributed by atoms with Crippen molar-refractivity contribution in [3.8, 4) is 0 Å². The van der Waals surface area contributed by atoms with Gasteiger partial charge in [-0.3, -0.25) is 24.0 Å². The topological polar surface area (TPSA) is 350 Å². The highest BCUT2D eigenvalue weighted by molar-refractivity contribution is 5.92. The zero-order valence-electron chi connectivity index (χ0n) is 63.1. The van der Waals surface area contributed by atoms with Crippen LogP contribution < -0.4 is 32.7 Å². The van der Waals surface area contributed by atoms with E-state index in [2.05, 4.69) is 98.9 Å². The van der Waals surface area contributed by atoms with Crippen molar-refractivity contribution in [3.63, 3.8) is 0 Å². The first-order valence-electron chi connectivity index (χ1n) is 41.1. The number of nitrogens with one attached hydrogen (secondary N) is 4. The highest BCUT2D eigenvalue weighted by atomic mass is 16.3. The number of guanidine groups is 1. The van der Waals surface area contributed by atoms with Crippen LogP contribution in [0.5, 0.6) is 0 Å². The summed E-state index contributed by atoms with van der Waals surface area (Å²) in [6.07, 6.45) is 18.2. The van der Waals surface area contributed by atoms with Gasteiger partial charge in [-0.15, -0.1) is 5.10 Å². The van der Waals surface area contributed by atoms with E-state index in [1.165, 1.54) is 0 Å². The molecule has 0 saturated heterocycles. The molecule has 12 saturated carbocycles. The fourth-order valence-corrected chi connectivity index (χ4v) is 29.1. The summed E-state index contributed by atoms with van der Waals surface area (Å²) in [5, 5.41) is 97.2. The molecule has 14 N–H and O–H groups in total. The van der Waals surface area contributed by atoms with Crippen molar-refractivity contribution in [2.24, 2.45) is 155 Å². The number of hydrogen-bond donors (Lipinski definition) is 12. The molecular weight excluding hydrogens is 1290 g/mol. The number of carbonyl (C=O) groups excluding carboxylic acids is 5. The average molecular weight is 1420 g/mol. The molecule has 13 heterocycles. The second kappa shape index (κ2) is 28.1. The zero-order valence-corrected chi connectivity index (χ0v) is 63.1. The summed E-state index contributed by atoms with van der Waals surface area (Å²) in [4.78, 5) is 73.3. The Kier molecular flexibility index (Phi) is 20.5. The van der Waals surface area contributed by atoms with Crippen LogP contribution in [0.25, 0.3) is 0 Å². The number of nitrogens with two attached hydrogens (primary N) is 2. The molecule has 12 aliphatic heterocycles. The van der Waals surface area contributed by atoms with Crippen molar-refractivity contribution < 1.29 is 54.6 Å². The summed E-state index contributed by atoms with van der Waals surface area (Å²) in [5.41, 5.74) is 10.3. The number of amides is 5. The lowest BCUT2D eigenvalue weighted by Gasteiger charge is -2.63. The smallest absolute Gasteiger partial charge is 0.248 e. The maximum Gasteiger partial charge on any atom is 0.248 e. The maximum atomic E-state index is 14.6. The molecular formula is C81H130N10O11. The minimum Gasteiger partial charge on any atom is -0.393 e. The van der Waals surface area contributed by atoms with Gasteiger partial charge in [-0.2, -0.15) is 4.99 Å². The van der Waals surface area contributed by atoms with E-state index in [-0.39, 0.29) is 202 Å². The first-order chi connectivity index (χ1) is 48.3. The van der Waals surface area contributed by atoms with E-state index in [0.29, 0.717) is 89.2 Å². The number of aliphatic imine (C=N–C) groups is 1. The SMILES string of the molecule is C[C@@H]1CCC(=O)N[C@@H]2CC[C@@]3(C)[C@@H](C2)C[C@@H](O)[C@@H]2[C@@H]3C[C@H](O)[C@]3(C)[C@H](CC[C@@H]23)[C@H](C)CCC(=O)NCc2cn(nn2)[C@@H]2CC[C@@]3(C)[C@@H](C2)C[C@@H](O)[C@@H]2[C@@H]3C[C@H](O)[C@]3(C)[C@H](CC[C@@H]23)[C@H](C)CCC(=O)N[C@@H](CCC(=O)N=C(N)N)C(=O)N[C@@H]2CC[C@]3(C)[C@@H](C2)C[C@@H](O)[C@@H]2[C@H]3C[C@H](O)[C@]3(C)[C@@H]1CC[C@@H]23. The minimum atomic E-state index is -1.03. The Balaban J connectivity index is 0.675. The number of nitrogens with zero attached hydrogens (tertiary/aromatic N) is 4. The van der Waals surface area contributed by atoms with E-state index in [1.54, 1.807) is 0 Å². The Labute approximate surface area is 606 Å². The fourth-order valence-electron chi connectivity index (χ4n) is 29.1. The molecule has 0 aromatic carbocycles. The molecule has 21 heteroatoms. The summed E-state index contributed by atoms with van der Waals surface area (Å²) in [6, 6.07) is -1.16. The van der Waals surface area contributed by atoms with Gasteiger partial charge in [0.15, 0.2) is 5.96 Å². The molecule has 0 spiro atoms. The Morgan fingerprint density at radius 1 is 0.500 bits per heavy atom. The van der Waals surface area contributed by atoms with Crippen molar-refractivity contribution in [3.05, 3.63) is 11.9 Å². The van der Waals surface area contributed by atoms with Crippen LogP contribution in [0.15, 0.2) is 11.2 Å². The van der Waals surface area contributed by atoms with Crippen LogP contribution in [0, 0.1) is 139 Å². The van der Waals surface area contributed by atoms with E-state index in [1.807, 2.05) is 10.9 Å². The average Bonchev–Trinajstić information content (AvgIpc) is 1.04. The number of carbonyl (C=O) groups is 5. The predicted octanol–water partition coefficient (Wildman–Crippen LogP) is 8.53. The Bertz CT molecular complexity index is 3310. The minimum absolute atomic E-state index is 0.00712. The summed E-state index contributed by atoms with van der Waals surface area (Å²) in [5.74, 6) is 0.816. The van der Waals surface area contributed by atoms with Crippen LogP contribution in [-0.4, -0.2) is 136 Å². The molecule has 25 rings (SSSR count). The van der Waals surface area contributed by atoms with E-state index < -0.39 is 59.4 Å². The molecule has 0 radical (unpaired) electrons. The molecule has 1 aromatic heterocycles. The molecule has 12 fully saturated rings. The highest BCUT2D eigenvalue weighted by Crippen LogP contribution is 2.73. The lowest BCUT2D eigenvalue weighted by atomic mass is 9.43. The Morgan fingerprint density at radius 3 is 1.35 bits per heavy atom. The third-order valence-electron chi connectivity index (χ3n) is 34.8. The van der Waals surface area contributed by atoms with Gasteiger partial charge in [0.2, 0.25) is 29.5 Å². The molecule has 5 amide bonds. The Morgan fingerprint density at radius 2 is 0.902 bits per heavy atom. The molecule has 1 aromatic rings. The molecule has 570 valence electrons. The van der Waals surface area contributed by atoms with E-state index >= 15 is 0 Å². The number of hydrogen-bond acceptors (Lipinski definition) is 13. The second-order valence-electron chi connectivity index (χ2n) is 38.8. The number of aliphatic hydroxyl groups is 6. The lowest BCUT2D eigenvalue weighted by Crippen LogP contribution is -2.63. The third-order valence-corrected chi connectivity index (χ3v) is 34.8. The summed E-state index contributed by atoms with van der Waals surface area (Å²) in [6.45, 7) is 20.9. The van der Waals surface area contributed by atoms with Gasteiger partial charge in [-0.05, 0) is 300 Å². The summed E-state index contributed by atoms with van der Waals surface area (Å²) >= 11 is 0. The van der Waals surface area contributed by atoms with Gasteiger partial charge in [-0.25, -0.2) is 4.68 Å². The van der Waals surface area contributed by atoms with Gasteiger partial charge < -0.3 is 63.4 Å². The largest absolute Gasteiger partial charge is 0.393 e. The first kappa shape index (κ1) is 74.6. The summed E-state index contributed by atoms with van der Waals surface area (Å²) < 4.78 is 1.97. The number of fused-ring (bicyclic) bond motifs is 1. The normalized spacial score (nSPS) is 51.4. The lowest BCUT2D eigenvalue weighted by molar-refractivity contribution is -0.204. The van der Waals surface area contributed by atoms with Gasteiger partial charge in [0.1, 0.15) is 11.7 Å². The molecule has 24 aliphatic rings. The zero-order chi connectivity index (χ0) is 72.7. The van der Waals surface area contributed by atoms with Crippen molar-refractivity contribution in [2.45, 2.75) is 316 Å². The summed E-state index contributed by atoms with van der Waals surface area (Å²) in [7, 11) is 0. The quantitative estimate of drug-likeness (QED) is 0.0996. The van der Waals surface area contributed by atoms with E-state index in [9.17, 15) is 54.6 Å². The van der Waals surface area contributed by atoms with Crippen LogP contribution in [0.4, 0.5) is 0 Å². The van der Waals surface area contributed by atoms with Crippen molar-refractivity contribution >= 4 is 35.5 Å². The van der Waals surface area contributed by atoms with Gasteiger partial charge in [0.05, 0.1) is 55.4 Å².